The van der Waals surface area contributed by atoms with Crippen molar-refractivity contribution in [2.75, 3.05) is 6.54 Å². The Bertz CT molecular complexity index is 404. The second-order valence-corrected chi connectivity index (χ2v) is 4.14. The molecule has 1 aliphatic carbocycles. The minimum absolute atomic E-state index is 0.179. The van der Waals surface area contributed by atoms with E-state index in [-0.39, 0.29) is 10.6 Å². The molecule has 2 atom stereocenters. The monoisotopic (exact) mass is 206 g/mol. The zero-order chi connectivity index (χ0) is 11.0. The largest absolute Gasteiger partial charge is 0.330 e. The molecular formula is C11H14N2O2. The van der Waals surface area contributed by atoms with Crippen molar-refractivity contribution in [1.29, 1.82) is 0 Å². The van der Waals surface area contributed by atoms with E-state index in [4.69, 9.17) is 5.73 Å². The molecule has 0 aliphatic heterocycles. The van der Waals surface area contributed by atoms with Gasteiger partial charge in [0.2, 0.25) is 0 Å². The third kappa shape index (κ3) is 1.85. The van der Waals surface area contributed by atoms with Crippen LogP contribution >= 0.6 is 0 Å². The van der Waals surface area contributed by atoms with E-state index in [0.29, 0.717) is 18.4 Å². The molecule has 0 radical (unpaired) electrons. The molecule has 2 rings (SSSR count). The standard InChI is InChI=1S/C11H14N2O2/c1-7-2-3-9(13(14)15)5-10(7)11-4-8(11)6-12/h2-3,5,8,11H,4,6,12H2,1H3. The molecule has 1 aliphatic rings. The number of aryl methyl sites for hydroxylation is 1. The zero-order valence-corrected chi connectivity index (χ0v) is 8.64. The highest BCUT2D eigenvalue weighted by Gasteiger charge is 2.38. The zero-order valence-electron chi connectivity index (χ0n) is 8.64. The molecule has 1 saturated carbocycles. The second kappa shape index (κ2) is 3.62. The van der Waals surface area contributed by atoms with Gasteiger partial charge in [-0.25, -0.2) is 0 Å². The average Bonchev–Trinajstić information content (AvgIpc) is 2.97. The summed E-state index contributed by atoms with van der Waals surface area (Å²) in [5, 5.41) is 10.6. The molecule has 4 heteroatoms. The molecule has 80 valence electrons. The molecule has 0 spiro atoms. The molecule has 1 aromatic carbocycles. The predicted octanol–water partition coefficient (Wildman–Crippen LogP) is 1.97. The lowest BCUT2D eigenvalue weighted by atomic mass is 10.0. The maximum absolute atomic E-state index is 10.6. The smallest absolute Gasteiger partial charge is 0.269 e. The van der Waals surface area contributed by atoms with Crippen molar-refractivity contribution < 1.29 is 4.92 Å². The second-order valence-electron chi connectivity index (χ2n) is 4.14. The molecule has 0 saturated heterocycles. The number of hydrogen-bond acceptors (Lipinski definition) is 3. The summed E-state index contributed by atoms with van der Waals surface area (Å²) >= 11 is 0. The van der Waals surface area contributed by atoms with E-state index in [0.717, 1.165) is 17.5 Å². The van der Waals surface area contributed by atoms with Crippen molar-refractivity contribution in [3.63, 3.8) is 0 Å². The van der Waals surface area contributed by atoms with Gasteiger partial charge in [0, 0.05) is 12.1 Å². The summed E-state index contributed by atoms with van der Waals surface area (Å²) in [4.78, 5) is 10.3. The van der Waals surface area contributed by atoms with Crippen LogP contribution in [0.1, 0.15) is 23.5 Å². The number of rotatable bonds is 3. The van der Waals surface area contributed by atoms with Crippen molar-refractivity contribution in [1.82, 2.24) is 0 Å². The van der Waals surface area contributed by atoms with Crippen LogP contribution in [-0.2, 0) is 0 Å². The SMILES string of the molecule is Cc1ccc([N+](=O)[O-])cc1C1CC1CN. The Morgan fingerprint density at radius 3 is 2.87 bits per heavy atom. The van der Waals surface area contributed by atoms with Gasteiger partial charge in [-0.2, -0.15) is 0 Å². The average molecular weight is 206 g/mol. The lowest BCUT2D eigenvalue weighted by molar-refractivity contribution is -0.384. The molecule has 15 heavy (non-hydrogen) atoms. The Hall–Kier alpha value is -1.42. The van der Waals surface area contributed by atoms with E-state index in [1.165, 1.54) is 0 Å². The molecule has 2 N–H and O–H groups in total. The maximum atomic E-state index is 10.6. The first-order valence-corrected chi connectivity index (χ1v) is 5.08. The lowest BCUT2D eigenvalue weighted by Gasteiger charge is -2.04. The molecule has 1 fully saturated rings. The summed E-state index contributed by atoms with van der Waals surface area (Å²) in [5.74, 6) is 0.959. The number of benzene rings is 1. The number of nitro groups is 1. The van der Waals surface area contributed by atoms with E-state index < -0.39 is 0 Å². The number of nitrogens with zero attached hydrogens (tertiary/aromatic N) is 1. The molecule has 4 nitrogen and oxygen atoms in total. The first-order chi connectivity index (χ1) is 7.13. The fourth-order valence-corrected chi connectivity index (χ4v) is 2.03. The minimum Gasteiger partial charge on any atom is -0.330 e. The molecule has 1 aromatic rings. The summed E-state index contributed by atoms with van der Waals surface area (Å²) in [6.07, 6.45) is 1.07. The van der Waals surface area contributed by atoms with Crippen LogP contribution in [0.3, 0.4) is 0 Å². The van der Waals surface area contributed by atoms with Crippen LogP contribution in [0.15, 0.2) is 18.2 Å². The van der Waals surface area contributed by atoms with Gasteiger partial charge in [0.1, 0.15) is 0 Å². The fourth-order valence-electron chi connectivity index (χ4n) is 2.03. The van der Waals surface area contributed by atoms with E-state index in [9.17, 15) is 10.1 Å². The van der Waals surface area contributed by atoms with Gasteiger partial charge in [0.25, 0.3) is 5.69 Å². The number of hydrogen-bond donors (Lipinski definition) is 1. The van der Waals surface area contributed by atoms with Crippen LogP contribution in [-0.4, -0.2) is 11.5 Å². The van der Waals surface area contributed by atoms with Gasteiger partial charge in [0.15, 0.2) is 0 Å². The summed E-state index contributed by atoms with van der Waals surface area (Å²) in [6.45, 7) is 2.66. The summed E-state index contributed by atoms with van der Waals surface area (Å²) < 4.78 is 0. The molecule has 0 aromatic heterocycles. The van der Waals surface area contributed by atoms with Crippen LogP contribution in [0.2, 0.25) is 0 Å². The molecule has 0 amide bonds. The van der Waals surface area contributed by atoms with Gasteiger partial charge >= 0.3 is 0 Å². The van der Waals surface area contributed by atoms with Crippen molar-refractivity contribution in [2.24, 2.45) is 11.7 Å². The number of nitro benzene ring substituents is 1. The van der Waals surface area contributed by atoms with Crippen molar-refractivity contribution in [2.45, 2.75) is 19.3 Å². The van der Waals surface area contributed by atoms with Gasteiger partial charge < -0.3 is 5.73 Å². The third-order valence-electron chi connectivity index (χ3n) is 3.10. The van der Waals surface area contributed by atoms with Gasteiger partial charge in [-0.1, -0.05) is 6.07 Å². The lowest BCUT2D eigenvalue weighted by Crippen LogP contribution is -2.02. The van der Waals surface area contributed by atoms with E-state index in [2.05, 4.69) is 0 Å². The Morgan fingerprint density at radius 2 is 2.33 bits per heavy atom. The van der Waals surface area contributed by atoms with E-state index in [1.54, 1.807) is 12.1 Å². The Labute approximate surface area is 88.2 Å². The summed E-state index contributed by atoms with van der Waals surface area (Å²) in [7, 11) is 0. The van der Waals surface area contributed by atoms with Crippen molar-refractivity contribution in [3.8, 4) is 0 Å². The highest BCUT2D eigenvalue weighted by atomic mass is 16.6. The van der Waals surface area contributed by atoms with Gasteiger partial charge in [-0.15, -0.1) is 0 Å². The van der Waals surface area contributed by atoms with Crippen LogP contribution < -0.4 is 5.73 Å². The van der Waals surface area contributed by atoms with Crippen LogP contribution in [0.4, 0.5) is 5.69 Å². The van der Waals surface area contributed by atoms with Gasteiger partial charge in [0.05, 0.1) is 4.92 Å². The molecule has 2 unspecified atom stereocenters. The van der Waals surface area contributed by atoms with E-state index in [1.807, 2.05) is 13.0 Å². The topological polar surface area (TPSA) is 69.2 Å². The minimum atomic E-state index is -0.344. The molecule has 0 bridgehead atoms. The summed E-state index contributed by atoms with van der Waals surface area (Å²) in [6, 6.07) is 5.06. The predicted molar refractivity (Wildman–Crippen MR) is 57.7 cm³/mol. The van der Waals surface area contributed by atoms with Crippen LogP contribution in [0.5, 0.6) is 0 Å². The summed E-state index contributed by atoms with van der Waals surface area (Å²) in [5.41, 5.74) is 7.98. The molecular weight excluding hydrogens is 192 g/mol. The number of nitrogens with two attached hydrogens (primary N) is 1. The highest BCUT2D eigenvalue weighted by Crippen LogP contribution is 2.48. The van der Waals surface area contributed by atoms with Crippen LogP contribution in [0.25, 0.3) is 0 Å². The Morgan fingerprint density at radius 1 is 1.60 bits per heavy atom. The Balaban J connectivity index is 2.30. The molecule has 0 heterocycles. The first kappa shape index (κ1) is 10.1. The maximum Gasteiger partial charge on any atom is 0.269 e. The first-order valence-electron chi connectivity index (χ1n) is 5.08. The Kier molecular flexibility index (Phi) is 2.44. The number of non-ortho nitro benzene ring substituents is 1. The van der Waals surface area contributed by atoms with Gasteiger partial charge in [-0.3, -0.25) is 10.1 Å². The van der Waals surface area contributed by atoms with E-state index >= 15 is 0 Å². The highest BCUT2D eigenvalue weighted by molar-refractivity contribution is 5.43. The fraction of sp³-hybridized carbons (Fsp3) is 0.455. The quantitative estimate of drug-likeness (QED) is 0.607. The third-order valence-corrected chi connectivity index (χ3v) is 3.10. The van der Waals surface area contributed by atoms with Crippen molar-refractivity contribution in [3.05, 3.63) is 39.4 Å². The van der Waals surface area contributed by atoms with Gasteiger partial charge in [-0.05, 0) is 42.9 Å². The van der Waals surface area contributed by atoms with Crippen molar-refractivity contribution >= 4 is 5.69 Å². The normalized spacial score (nSPS) is 23.9. The van der Waals surface area contributed by atoms with Crippen LogP contribution in [0, 0.1) is 23.0 Å².